The zero-order valence-electron chi connectivity index (χ0n) is 13.7. The van der Waals surface area contributed by atoms with E-state index < -0.39 is 0 Å². The fraction of sp³-hybridized carbons (Fsp3) is 1.00. The summed E-state index contributed by atoms with van der Waals surface area (Å²) >= 11 is 0. The molecule has 0 bridgehead atoms. The highest BCUT2D eigenvalue weighted by molar-refractivity contribution is 4.84. The van der Waals surface area contributed by atoms with E-state index in [0.717, 1.165) is 26.2 Å². The summed E-state index contributed by atoms with van der Waals surface area (Å²) in [6.07, 6.45) is 4.52. The maximum absolute atomic E-state index is 5.83. The Labute approximate surface area is 120 Å². The Kier molecular flexibility index (Phi) is 7.33. The van der Waals surface area contributed by atoms with Crippen molar-refractivity contribution in [1.29, 1.82) is 0 Å². The monoisotopic (exact) mass is 270 g/mol. The molecule has 1 heterocycles. The Morgan fingerprint density at radius 2 is 1.79 bits per heavy atom. The first-order valence-electron chi connectivity index (χ1n) is 8.07. The van der Waals surface area contributed by atoms with Crippen LogP contribution in [0.15, 0.2) is 0 Å². The average Bonchev–Trinajstić information content (AvgIpc) is 2.27. The Morgan fingerprint density at radius 3 is 2.32 bits per heavy atom. The molecule has 0 aliphatic carbocycles. The number of hydrogen-bond donors (Lipinski definition) is 1. The zero-order chi connectivity index (χ0) is 14.3. The fourth-order valence-electron chi connectivity index (χ4n) is 3.35. The van der Waals surface area contributed by atoms with Gasteiger partial charge < -0.3 is 10.1 Å². The number of nitrogens with one attached hydrogen (secondary N) is 1. The summed E-state index contributed by atoms with van der Waals surface area (Å²) in [6.45, 7) is 17.0. The second-order valence-electron chi connectivity index (χ2n) is 6.69. The molecule has 1 N–H and O–H groups in total. The lowest BCUT2D eigenvalue weighted by atomic mass is 9.84. The van der Waals surface area contributed by atoms with E-state index in [1.165, 1.54) is 25.8 Å². The molecule has 1 fully saturated rings. The third kappa shape index (κ3) is 6.24. The van der Waals surface area contributed by atoms with Crippen molar-refractivity contribution in [2.75, 3.05) is 32.7 Å². The summed E-state index contributed by atoms with van der Waals surface area (Å²) in [5.41, 5.74) is 0.390. The SMILES string of the molecule is CCCNCC(C)(CCC)CN1C[C@@H](C)O[C@@H](C)C1. The summed E-state index contributed by atoms with van der Waals surface area (Å²) in [7, 11) is 0. The molecule has 0 amide bonds. The Bertz CT molecular complexity index is 237. The van der Waals surface area contributed by atoms with Gasteiger partial charge in [-0.05, 0) is 38.6 Å². The first-order chi connectivity index (χ1) is 8.99. The Hall–Kier alpha value is -0.120. The van der Waals surface area contributed by atoms with Crippen molar-refractivity contribution in [3.8, 4) is 0 Å². The number of nitrogens with zero attached hydrogens (tertiary/aromatic N) is 1. The molecular weight excluding hydrogens is 236 g/mol. The van der Waals surface area contributed by atoms with Crippen molar-refractivity contribution in [3.63, 3.8) is 0 Å². The molecule has 0 spiro atoms. The first-order valence-corrected chi connectivity index (χ1v) is 8.07. The molecule has 0 aromatic heterocycles. The van der Waals surface area contributed by atoms with E-state index in [2.05, 4.69) is 44.8 Å². The molecule has 114 valence electrons. The highest BCUT2D eigenvalue weighted by Gasteiger charge is 2.30. The third-order valence-corrected chi connectivity index (χ3v) is 3.93. The van der Waals surface area contributed by atoms with Crippen LogP contribution in [0.5, 0.6) is 0 Å². The van der Waals surface area contributed by atoms with Gasteiger partial charge in [0.15, 0.2) is 0 Å². The molecule has 1 saturated heterocycles. The van der Waals surface area contributed by atoms with E-state index in [0.29, 0.717) is 17.6 Å². The highest BCUT2D eigenvalue weighted by Crippen LogP contribution is 2.25. The lowest BCUT2D eigenvalue weighted by molar-refractivity contribution is -0.0771. The minimum absolute atomic E-state index is 0.373. The summed E-state index contributed by atoms with van der Waals surface area (Å²) in [4.78, 5) is 2.60. The molecule has 0 aromatic rings. The van der Waals surface area contributed by atoms with Crippen molar-refractivity contribution < 1.29 is 4.74 Å². The van der Waals surface area contributed by atoms with Gasteiger partial charge in [0.1, 0.15) is 0 Å². The minimum atomic E-state index is 0.373. The van der Waals surface area contributed by atoms with E-state index in [1.54, 1.807) is 0 Å². The average molecular weight is 270 g/mol. The number of morpholine rings is 1. The van der Waals surface area contributed by atoms with Gasteiger partial charge in [0.25, 0.3) is 0 Å². The quantitative estimate of drug-likeness (QED) is 0.686. The number of hydrogen-bond acceptors (Lipinski definition) is 3. The zero-order valence-corrected chi connectivity index (χ0v) is 13.7. The summed E-state index contributed by atoms with van der Waals surface area (Å²) in [6, 6.07) is 0. The number of rotatable bonds is 8. The van der Waals surface area contributed by atoms with Crippen LogP contribution in [0.25, 0.3) is 0 Å². The summed E-state index contributed by atoms with van der Waals surface area (Å²) < 4.78 is 5.83. The maximum atomic E-state index is 5.83. The summed E-state index contributed by atoms with van der Waals surface area (Å²) in [5, 5.41) is 3.61. The van der Waals surface area contributed by atoms with Crippen LogP contribution in [0.4, 0.5) is 0 Å². The van der Waals surface area contributed by atoms with E-state index in [-0.39, 0.29) is 0 Å². The molecule has 1 unspecified atom stereocenters. The fourth-order valence-corrected chi connectivity index (χ4v) is 3.35. The highest BCUT2D eigenvalue weighted by atomic mass is 16.5. The molecule has 19 heavy (non-hydrogen) atoms. The van der Waals surface area contributed by atoms with Crippen LogP contribution < -0.4 is 5.32 Å². The lowest BCUT2D eigenvalue weighted by Crippen LogP contribution is -2.51. The van der Waals surface area contributed by atoms with Crippen molar-refractivity contribution in [2.24, 2.45) is 5.41 Å². The minimum Gasteiger partial charge on any atom is -0.373 e. The van der Waals surface area contributed by atoms with Crippen molar-refractivity contribution in [2.45, 2.75) is 66.1 Å². The lowest BCUT2D eigenvalue weighted by Gasteiger charge is -2.41. The van der Waals surface area contributed by atoms with Gasteiger partial charge in [0.05, 0.1) is 12.2 Å². The topological polar surface area (TPSA) is 24.5 Å². The second kappa shape index (κ2) is 8.23. The molecule has 0 radical (unpaired) electrons. The standard InChI is InChI=1S/C16H34N2O/c1-6-8-16(5,12-17-9-7-2)13-18-10-14(3)19-15(4)11-18/h14-15,17H,6-13H2,1-5H3/t14-,15+,16?. The molecule has 1 rings (SSSR count). The van der Waals surface area contributed by atoms with E-state index in [9.17, 15) is 0 Å². The molecule has 1 aliphatic heterocycles. The summed E-state index contributed by atoms with van der Waals surface area (Å²) in [5.74, 6) is 0. The van der Waals surface area contributed by atoms with E-state index in [1.807, 2.05) is 0 Å². The van der Waals surface area contributed by atoms with E-state index >= 15 is 0 Å². The Morgan fingerprint density at radius 1 is 1.16 bits per heavy atom. The largest absolute Gasteiger partial charge is 0.373 e. The molecular formula is C16H34N2O. The van der Waals surface area contributed by atoms with Gasteiger partial charge in [-0.1, -0.05) is 27.2 Å². The van der Waals surface area contributed by atoms with Crippen LogP contribution in [-0.2, 0) is 4.74 Å². The maximum Gasteiger partial charge on any atom is 0.0678 e. The van der Waals surface area contributed by atoms with Gasteiger partial charge in [0.2, 0.25) is 0 Å². The predicted octanol–water partition coefficient (Wildman–Crippen LogP) is 2.90. The van der Waals surface area contributed by atoms with Crippen LogP contribution in [0.3, 0.4) is 0 Å². The molecule has 3 heteroatoms. The number of ether oxygens (including phenoxy) is 1. The molecule has 0 saturated carbocycles. The first kappa shape index (κ1) is 16.9. The van der Waals surface area contributed by atoms with Crippen LogP contribution in [0, 0.1) is 5.41 Å². The van der Waals surface area contributed by atoms with Crippen molar-refractivity contribution in [1.82, 2.24) is 10.2 Å². The van der Waals surface area contributed by atoms with Gasteiger partial charge in [-0.2, -0.15) is 0 Å². The Balaban J connectivity index is 2.50. The molecule has 0 aromatic carbocycles. The third-order valence-electron chi connectivity index (χ3n) is 3.93. The second-order valence-corrected chi connectivity index (χ2v) is 6.69. The van der Waals surface area contributed by atoms with Crippen LogP contribution in [-0.4, -0.2) is 49.8 Å². The molecule has 1 aliphatic rings. The van der Waals surface area contributed by atoms with Gasteiger partial charge in [-0.25, -0.2) is 0 Å². The van der Waals surface area contributed by atoms with Crippen molar-refractivity contribution >= 4 is 0 Å². The predicted molar refractivity (Wildman–Crippen MR) is 82.6 cm³/mol. The molecule has 3 atom stereocenters. The smallest absolute Gasteiger partial charge is 0.0678 e. The molecule has 3 nitrogen and oxygen atoms in total. The van der Waals surface area contributed by atoms with Gasteiger partial charge >= 0.3 is 0 Å². The van der Waals surface area contributed by atoms with Gasteiger partial charge in [-0.15, -0.1) is 0 Å². The van der Waals surface area contributed by atoms with Crippen molar-refractivity contribution in [3.05, 3.63) is 0 Å². The van der Waals surface area contributed by atoms with Crippen LogP contribution in [0.2, 0.25) is 0 Å². The van der Waals surface area contributed by atoms with Gasteiger partial charge in [-0.3, -0.25) is 4.90 Å². The van der Waals surface area contributed by atoms with Crippen LogP contribution in [0.1, 0.15) is 53.9 Å². The van der Waals surface area contributed by atoms with Crippen LogP contribution >= 0.6 is 0 Å². The van der Waals surface area contributed by atoms with E-state index in [4.69, 9.17) is 4.74 Å². The normalized spacial score (nSPS) is 28.3. The van der Waals surface area contributed by atoms with Gasteiger partial charge in [0, 0.05) is 26.2 Å².